The summed E-state index contributed by atoms with van der Waals surface area (Å²) in [6.45, 7) is 1.48. The Hall–Kier alpha value is -1.79. The van der Waals surface area contributed by atoms with Crippen LogP contribution in [0.15, 0.2) is 24.3 Å². The number of carbonyl (C=O) groups is 2. The molecule has 2 rings (SSSR count). The van der Waals surface area contributed by atoms with Gasteiger partial charge in [-0.2, -0.15) is 0 Å². The van der Waals surface area contributed by atoms with Crippen LogP contribution in [-0.2, 0) is 16.1 Å². The number of halogens is 1. The van der Waals surface area contributed by atoms with Gasteiger partial charge in [0.2, 0.25) is 5.91 Å². The number of amides is 2. The Kier molecular flexibility index (Phi) is 8.57. The summed E-state index contributed by atoms with van der Waals surface area (Å²) >= 11 is 0. The highest BCUT2D eigenvalue weighted by Crippen LogP contribution is 2.14. The molecule has 1 unspecified atom stereocenters. The fourth-order valence-electron chi connectivity index (χ4n) is 2.45. The van der Waals surface area contributed by atoms with E-state index in [4.69, 9.17) is 4.74 Å². The van der Waals surface area contributed by atoms with Crippen LogP contribution in [-0.4, -0.2) is 50.0 Å². The second-order valence-corrected chi connectivity index (χ2v) is 6.00. The smallest absolute Gasteiger partial charge is 0.259 e. The number of likely N-dealkylation sites (N-methyl/N-ethyl adjacent to an activating group) is 1. The molecule has 1 heterocycles. The third-order valence-electron chi connectivity index (χ3n) is 3.84. The Balaban J connectivity index is 0.00000288. The van der Waals surface area contributed by atoms with Gasteiger partial charge in [0.05, 0.1) is 0 Å². The van der Waals surface area contributed by atoms with Crippen LogP contribution in [0.1, 0.15) is 24.8 Å². The summed E-state index contributed by atoms with van der Waals surface area (Å²) in [4.78, 5) is 24.9. The number of ether oxygens (including phenoxy) is 1. The van der Waals surface area contributed by atoms with Gasteiger partial charge < -0.3 is 20.3 Å². The van der Waals surface area contributed by atoms with Crippen LogP contribution in [0.5, 0.6) is 5.75 Å². The monoisotopic (exact) mass is 355 g/mol. The molecule has 0 saturated carbocycles. The molecule has 7 heteroatoms. The fraction of sp³-hybridized carbons (Fsp3) is 0.529. The van der Waals surface area contributed by atoms with E-state index in [0.29, 0.717) is 24.8 Å². The summed E-state index contributed by atoms with van der Waals surface area (Å²) in [6, 6.07) is 7.74. The molecule has 1 aliphatic rings. The number of hydrogen-bond acceptors (Lipinski definition) is 4. The molecule has 24 heavy (non-hydrogen) atoms. The average molecular weight is 356 g/mol. The van der Waals surface area contributed by atoms with E-state index in [1.807, 2.05) is 18.2 Å². The molecule has 2 N–H and O–H groups in total. The zero-order valence-electron chi connectivity index (χ0n) is 14.2. The Morgan fingerprint density at radius 2 is 2.17 bits per heavy atom. The molecule has 0 aliphatic carbocycles. The van der Waals surface area contributed by atoms with Crippen LogP contribution in [0.2, 0.25) is 0 Å². The number of rotatable bonds is 7. The lowest BCUT2D eigenvalue weighted by atomic mass is 10.1. The van der Waals surface area contributed by atoms with Crippen molar-refractivity contribution in [2.75, 3.05) is 27.2 Å². The van der Waals surface area contributed by atoms with Gasteiger partial charge in [0.15, 0.2) is 6.61 Å². The van der Waals surface area contributed by atoms with E-state index in [1.165, 1.54) is 4.90 Å². The molecular formula is C17H26ClN3O3. The first kappa shape index (κ1) is 20.3. The number of nitrogens with one attached hydrogen (secondary N) is 2. The molecule has 1 atom stereocenters. The van der Waals surface area contributed by atoms with Gasteiger partial charge in [0, 0.05) is 33.1 Å². The molecule has 1 aromatic carbocycles. The molecule has 0 spiro atoms. The van der Waals surface area contributed by atoms with Crippen LogP contribution in [0.25, 0.3) is 0 Å². The molecule has 0 bridgehead atoms. The predicted molar refractivity (Wildman–Crippen MR) is 95.4 cm³/mol. The maximum absolute atomic E-state index is 11.9. The van der Waals surface area contributed by atoms with Gasteiger partial charge in [-0.15, -0.1) is 12.4 Å². The molecule has 0 aromatic heterocycles. The fourth-order valence-corrected chi connectivity index (χ4v) is 2.45. The normalized spacial score (nSPS) is 16.2. The predicted octanol–water partition coefficient (Wildman–Crippen LogP) is 1.33. The lowest BCUT2D eigenvalue weighted by Gasteiger charge is -2.13. The third kappa shape index (κ3) is 6.76. The summed E-state index contributed by atoms with van der Waals surface area (Å²) < 4.78 is 5.47. The first-order valence-corrected chi connectivity index (χ1v) is 7.96. The van der Waals surface area contributed by atoms with Crippen LogP contribution in [0, 0.1) is 0 Å². The lowest BCUT2D eigenvalue weighted by molar-refractivity contribution is -0.130. The van der Waals surface area contributed by atoms with Crippen molar-refractivity contribution in [3.05, 3.63) is 29.8 Å². The number of benzene rings is 1. The number of carbonyl (C=O) groups excluding carboxylic acids is 2. The Morgan fingerprint density at radius 3 is 2.83 bits per heavy atom. The summed E-state index contributed by atoms with van der Waals surface area (Å²) in [5, 5.41) is 6.24. The lowest BCUT2D eigenvalue weighted by Crippen LogP contribution is -2.31. The minimum Gasteiger partial charge on any atom is -0.484 e. The second kappa shape index (κ2) is 10.2. The molecule has 1 aromatic rings. The standard InChI is InChI=1S/C17H25N3O3.ClH/c1-20(2)17(22)12-23-15-7-3-5-13(9-15)11-19-16(21)10-14-6-4-8-18-14;/h3,5,7,9,14,18H,4,6,8,10-12H2,1-2H3,(H,19,21);1H. The molecular weight excluding hydrogens is 330 g/mol. The van der Waals surface area contributed by atoms with E-state index >= 15 is 0 Å². The van der Waals surface area contributed by atoms with Crippen molar-refractivity contribution >= 4 is 24.2 Å². The topological polar surface area (TPSA) is 70.7 Å². The largest absolute Gasteiger partial charge is 0.484 e. The van der Waals surface area contributed by atoms with Crippen molar-refractivity contribution in [2.45, 2.75) is 31.8 Å². The van der Waals surface area contributed by atoms with Crippen LogP contribution in [0.4, 0.5) is 0 Å². The van der Waals surface area contributed by atoms with Crippen LogP contribution >= 0.6 is 12.4 Å². The molecule has 134 valence electrons. The molecule has 1 fully saturated rings. The maximum atomic E-state index is 11.9. The zero-order chi connectivity index (χ0) is 16.7. The minimum atomic E-state index is -0.0900. The molecule has 2 amide bonds. The van der Waals surface area contributed by atoms with Gasteiger partial charge in [-0.25, -0.2) is 0 Å². The van der Waals surface area contributed by atoms with Gasteiger partial charge in [0.1, 0.15) is 5.75 Å². The van der Waals surface area contributed by atoms with Crippen molar-refractivity contribution in [1.29, 1.82) is 0 Å². The average Bonchev–Trinajstić information content (AvgIpc) is 3.04. The van der Waals surface area contributed by atoms with E-state index in [-0.39, 0.29) is 30.8 Å². The quantitative estimate of drug-likeness (QED) is 0.774. The number of hydrogen-bond donors (Lipinski definition) is 2. The SMILES string of the molecule is CN(C)C(=O)COc1cccc(CNC(=O)CC2CCCN2)c1.Cl. The van der Waals surface area contributed by atoms with Crippen molar-refractivity contribution in [2.24, 2.45) is 0 Å². The third-order valence-corrected chi connectivity index (χ3v) is 3.84. The summed E-state index contributed by atoms with van der Waals surface area (Å²) in [6.07, 6.45) is 2.73. The van der Waals surface area contributed by atoms with Gasteiger partial charge in [-0.1, -0.05) is 12.1 Å². The van der Waals surface area contributed by atoms with Gasteiger partial charge in [0.25, 0.3) is 5.91 Å². The Morgan fingerprint density at radius 1 is 1.38 bits per heavy atom. The highest BCUT2D eigenvalue weighted by atomic mass is 35.5. The number of nitrogens with zero attached hydrogens (tertiary/aromatic N) is 1. The van der Waals surface area contributed by atoms with E-state index in [9.17, 15) is 9.59 Å². The minimum absolute atomic E-state index is 0. The van der Waals surface area contributed by atoms with Crippen LogP contribution in [0.3, 0.4) is 0 Å². The highest BCUT2D eigenvalue weighted by Gasteiger charge is 2.17. The van der Waals surface area contributed by atoms with E-state index in [0.717, 1.165) is 24.9 Å². The van der Waals surface area contributed by atoms with Gasteiger partial charge in [-0.3, -0.25) is 9.59 Å². The first-order valence-electron chi connectivity index (χ1n) is 7.96. The van der Waals surface area contributed by atoms with Crippen molar-refractivity contribution in [3.8, 4) is 5.75 Å². The van der Waals surface area contributed by atoms with Gasteiger partial charge >= 0.3 is 0 Å². The van der Waals surface area contributed by atoms with Crippen molar-refractivity contribution in [3.63, 3.8) is 0 Å². The Bertz CT molecular complexity index is 546. The molecule has 1 saturated heterocycles. The molecule has 0 radical (unpaired) electrons. The first-order chi connectivity index (χ1) is 11.0. The summed E-state index contributed by atoms with van der Waals surface area (Å²) in [5.74, 6) is 0.593. The van der Waals surface area contributed by atoms with E-state index in [2.05, 4.69) is 10.6 Å². The van der Waals surface area contributed by atoms with Crippen LogP contribution < -0.4 is 15.4 Å². The Labute approximate surface area is 149 Å². The van der Waals surface area contributed by atoms with E-state index < -0.39 is 0 Å². The van der Waals surface area contributed by atoms with Crippen molar-refractivity contribution in [1.82, 2.24) is 15.5 Å². The van der Waals surface area contributed by atoms with Gasteiger partial charge in [-0.05, 0) is 37.1 Å². The summed E-state index contributed by atoms with van der Waals surface area (Å²) in [7, 11) is 3.38. The molecule has 1 aliphatic heterocycles. The van der Waals surface area contributed by atoms with E-state index in [1.54, 1.807) is 20.2 Å². The maximum Gasteiger partial charge on any atom is 0.259 e. The summed E-state index contributed by atoms with van der Waals surface area (Å²) in [5.41, 5.74) is 0.951. The van der Waals surface area contributed by atoms with Crippen molar-refractivity contribution < 1.29 is 14.3 Å². The highest BCUT2D eigenvalue weighted by molar-refractivity contribution is 5.85. The zero-order valence-corrected chi connectivity index (χ0v) is 15.0. The second-order valence-electron chi connectivity index (χ2n) is 6.00. The molecule has 6 nitrogen and oxygen atoms in total.